The SMILES string of the molecule is C[C@@H](NC(=O)CSc1nc2ccccc2c(=O)n1Cc1ccco1)C12CC3CC(CC(C3)C1)C2. The Morgan fingerprint density at radius 2 is 1.85 bits per heavy atom. The largest absolute Gasteiger partial charge is 0.467 e. The predicted octanol–water partition coefficient (Wildman–Crippen LogP) is 4.85. The Balaban J connectivity index is 1.19. The van der Waals surface area contributed by atoms with Crippen molar-refractivity contribution >= 4 is 28.6 Å². The predicted molar refractivity (Wildman–Crippen MR) is 133 cm³/mol. The van der Waals surface area contributed by atoms with Gasteiger partial charge >= 0.3 is 0 Å². The maximum absolute atomic E-state index is 13.2. The molecular formula is C27H31N3O3S. The Labute approximate surface area is 203 Å². The minimum Gasteiger partial charge on any atom is -0.467 e. The molecule has 3 aromatic rings. The van der Waals surface area contributed by atoms with E-state index in [1.165, 1.54) is 50.3 Å². The van der Waals surface area contributed by atoms with E-state index in [9.17, 15) is 9.59 Å². The molecule has 178 valence electrons. The number of thioether (sulfide) groups is 1. The molecule has 1 amide bonds. The zero-order chi connectivity index (χ0) is 23.3. The van der Waals surface area contributed by atoms with E-state index in [1.54, 1.807) is 23.0 Å². The molecule has 1 atom stereocenters. The highest BCUT2D eigenvalue weighted by molar-refractivity contribution is 7.99. The van der Waals surface area contributed by atoms with Crippen molar-refractivity contribution in [2.75, 3.05) is 5.75 Å². The summed E-state index contributed by atoms with van der Waals surface area (Å²) in [5.74, 6) is 3.51. The van der Waals surface area contributed by atoms with Gasteiger partial charge in [-0.3, -0.25) is 14.2 Å². The van der Waals surface area contributed by atoms with Crippen molar-refractivity contribution in [2.45, 2.75) is 63.2 Å². The summed E-state index contributed by atoms with van der Waals surface area (Å²) >= 11 is 1.32. The molecule has 2 aromatic heterocycles. The summed E-state index contributed by atoms with van der Waals surface area (Å²) in [6, 6.07) is 11.2. The van der Waals surface area contributed by atoms with Crippen LogP contribution in [0.1, 0.15) is 51.2 Å². The maximum atomic E-state index is 13.2. The lowest BCUT2D eigenvalue weighted by Gasteiger charge is -2.59. The number of hydrogen-bond donors (Lipinski definition) is 1. The minimum absolute atomic E-state index is 0.0141. The monoisotopic (exact) mass is 477 g/mol. The first-order chi connectivity index (χ1) is 16.5. The average molecular weight is 478 g/mol. The Kier molecular flexibility index (Phi) is 5.55. The third kappa shape index (κ3) is 3.98. The van der Waals surface area contributed by atoms with Crippen LogP contribution < -0.4 is 10.9 Å². The number of nitrogens with one attached hydrogen (secondary N) is 1. The first kappa shape index (κ1) is 22.0. The van der Waals surface area contributed by atoms with E-state index in [2.05, 4.69) is 12.2 Å². The molecule has 4 saturated carbocycles. The quantitative estimate of drug-likeness (QED) is 0.389. The Bertz CT molecular complexity index is 1230. The van der Waals surface area contributed by atoms with Crippen LogP contribution in [0.15, 0.2) is 57.0 Å². The third-order valence-electron chi connectivity index (χ3n) is 8.43. The molecule has 7 rings (SSSR count). The topological polar surface area (TPSA) is 77.1 Å². The normalized spacial score (nSPS) is 28.3. The number of fused-ring (bicyclic) bond motifs is 1. The van der Waals surface area contributed by atoms with Gasteiger partial charge in [-0.2, -0.15) is 0 Å². The minimum atomic E-state index is -0.119. The number of hydrogen-bond acceptors (Lipinski definition) is 5. The number of carbonyl (C=O) groups excluding carboxylic acids is 1. The van der Waals surface area contributed by atoms with Crippen molar-refractivity contribution in [1.29, 1.82) is 0 Å². The second kappa shape index (κ2) is 8.59. The molecule has 6 nitrogen and oxygen atoms in total. The number of nitrogens with zero attached hydrogens (tertiary/aromatic N) is 2. The fourth-order valence-electron chi connectivity index (χ4n) is 7.23. The van der Waals surface area contributed by atoms with E-state index in [4.69, 9.17) is 9.40 Å². The van der Waals surface area contributed by atoms with E-state index in [1.807, 2.05) is 24.3 Å². The molecule has 2 heterocycles. The van der Waals surface area contributed by atoms with E-state index in [0.717, 1.165) is 17.8 Å². The molecule has 1 N–H and O–H groups in total. The number of furan rings is 1. The van der Waals surface area contributed by atoms with Crippen LogP contribution in [0.3, 0.4) is 0 Å². The standard InChI is InChI=1S/C27H31N3O3S/c1-17(27-12-18-9-19(13-27)11-20(10-18)14-27)28-24(31)16-34-26-29-23-7-3-2-6-22(23)25(32)30(26)15-21-5-4-8-33-21/h2-8,17-20H,9-16H2,1H3,(H,28,31)/t17-,18?,19?,20?,27?/m1/s1. The van der Waals surface area contributed by atoms with Crippen LogP contribution in [-0.2, 0) is 11.3 Å². The summed E-state index contributed by atoms with van der Waals surface area (Å²) < 4.78 is 7.09. The first-order valence-corrected chi connectivity index (χ1v) is 13.4. The van der Waals surface area contributed by atoms with Crippen LogP contribution in [0.5, 0.6) is 0 Å². The average Bonchev–Trinajstić information content (AvgIpc) is 3.32. The zero-order valence-corrected chi connectivity index (χ0v) is 20.4. The van der Waals surface area contributed by atoms with Gasteiger partial charge in [0.2, 0.25) is 5.91 Å². The summed E-state index contributed by atoms with van der Waals surface area (Å²) in [7, 11) is 0. The van der Waals surface area contributed by atoms with Crippen LogP contribution >= 0.6 is 11.8 Å². The molecule has 0 saturated heterocycles. The van der Waals surface area contributed by atoms with Crippen LogP contribution in [0, 0.1) is 23.2 Å². The van der Waals surface area contributed by atoms with E-state index in [-0.39, 0.29) is 35.2 Å². The number of carbonyl (C=O) groups is 1. The van der Waals surface area contributed by atoms with Gasteiger partial charge in [-0.15, -0.1) is 0 Å². The number of benzene rings is 1. The van der Waals surface area contributed by atoms with E-state index < -0.39 is 0 Å². The number of rotatable bonds is 7. The van der Waals surface area contributed by atoms with Gasteiger partial charge in [-0.05, 0) is 92.9 Å². The lowest BCUT2D eigenvalue weighted by molar-refractivity contribution is -0.123. The molecule has 4 fully saturated rings. The fraction of sp³-hybridized carbons (Fsp3) is 0.519. The third-order valence-corrected chi connectivity index (χ3v) is 9.41. The lowest BCUT2D eigenvalue weighted by atomic mass is 9.48. The van der Waals surface area contributed by atoms with Gasteiger partial charge in [0, 0.05) is 6.04 Å². The number of para-hydroxylation sites is 1. The Hall–Kier alpha value is -2.54. The van der Waals surface area contributed by atoms with Gasteiger partial charge < -0.3 is 9.73 Å². The summed E-state index contributed by atoms with van der Waals surface area (Å²) in [6.45, 7) is 2.49. The summed E-state index contributed by atoms with van der Waals surface area (Å²) in [5.41, 5.74) is 0.803. The van der Waals surface area contributed by atoms with Crippen molar-refractivity contribution in [2.24, 2.45) is 23.2 Å². The molecule has 0 unspecified atom stereocenters. The fourth-order valence-corrected chi connectivity index (χ4v) is 8.04. The highest BCUT2D eigenvalue weighted by Crippen LogP contribution is 2.61. The Morgan fingerprint density at radius 1 is 1.15 bits per heavy atom. The van der Waals surface area contributed by atoms with Crippen molar-refractivity contribution in [3.63, 3.8) is 0 Å². The smallest absolute Gasteiger partial charge is 0.262 e. The molecule has 1 aromatic carbocycles. The molecule has 7 heteroatoms. The second-order valence-electron chi connectivity index (χ2n) is 10.7. The number of amides is 1. The first-order valence-electron chi connectivity index (χ1n) is 12.4. The Morgan fingerprint density at radius 3 is 2.53 bits per heavy atom. The number of aromatic nitrogens is 2. The molecule has 0 spiro atoms. The van der Waals surface area contributed by atoms with Crippen molar-refractivity contribution in [3.05, 3.63) is 58.8 Å². The highest BCUT2D eigenvalue weighted by Gasteiger charge is 2.53. The van der Waals surface area contributed by atoms with E-state index >= 15 is 0 Å². The highest BCUT2D eigenvalue weighted by atomic mass is 32.2. The van der Waals surface area contributed by atoms with E-state index in [0.29, 0.717) is 21.8 Å². The van der Waals surface area contributed by atoms with Gasteiger partial charge in [0.15, 0.2) is 5.16 Å². The van der Waals surface area contributed by atoms with Gasteiger partial charge in [0.1, 0.15) is 5.76 Å². The van der Waals surface area contributed by atoms with Crippen LogP contribution in [-0.4, -0.2) is 27.3 Å². The molecule has 4 aliphatic rings. The molecule has 0 radical (unpaired) electrons. The second-order valence-corrected chi connectivity index (χ2v) is 11.7. The van der Waals surface area contributed by atoms with Crippen molar-refractivity contribution in [3.8, 4) is 0 Å². The summed E-state index contributed by atoms with van der Waals surface area (Å²) in [4.78, 5) is 31.0. The molecule has 34 heavy (non-hydrogen) atoms. The van der Waals surface area contributed by atoms with Gasteiger partial charge in [-0.1, -0.05) is 23.9 Å². The van der Waals surface area contributed by atoms with Gasteiger partial charge in [-0.25, -0.2) is 4.98 Å². The van der Waals surface area contributed by atoms with Crippen molar-refractivity contribution < 1.29 is 9.21 Å². The van der Waals surface area contributed by atoms with Crippen LogP contribution in [0.25, 0.3) is 10.9 Å². The van der Waals surface area contributed by atoms with Crippen molar-refractivity contribution in [1.82, 2.24) is 14.9 Å². The summed E-state index contributed by atoms with van der Waals surface area (Å²) in [5, 5.41) is 4.44. The molecule has 4 aliphatic carbocycles. The van der Waals surface area contributed by atoms with Crippen LogP contribution in [0.2, 0.25) is 0 Å². The van der Waals surface area contributed by atoms with Crippen LogP contribution in [0.4, 0.5) is 0 Å². The molecule has 0 aliphatic heterocycles. The lowest BCUT2D eigenvalue weighted by Crippen LogP contribution is -2.56. The maximum Gasteiger partial charge on any atom is 0.262 e. The van der Waals surface area contributed by atoms with Gasteiger partial charge in [0.05, 0.1) is 29.5 Å². The van der Waals surface area contributed by atoms with Gasteiger partial charge in [0.25, 0.3) is 5.56 Å². The molecule has 4 bridgehead atoms. The summed E-state index contributed by atoms with van der Waals surface area (Å²) in [6.07, 6.45) is 9.60. The zero-order valence-electron chi connectivity index (χ0n) is 19.5. The molecular weight excluding hydrogens is 446 g/mol.